The fourth-order valence-electron chi connectivity index (χ4n) is 1.64. The Morgan fingerprint density at radius 2 is 2.05 bits per heavy atom. The predicted octanol–water partition coefficient (Wildman–Crippen LogP) is 3.76. The Morgan fingerprint density at radius 3 is 2.67 bits per heavy atom. The minimum Gasteiger partial charge on any atom is -0.461 e. The molecule has 0 spiro atoms. The molecular weight excluding hydrogens is 286 g/mol. The minimum atomic E-state index is -0.203. The standard InChI is InChI=1S/C16H19NO3S/c1-11(10-21-16-17-12(2)13(3)20-16)15(18)19-9-14-7-5-4-6-8-14/h4-8,11H,9-10H2,1-3H3. The van der Waals surface area contributed by atoms with E-state index in [1.54, 1.807) is 0 Å². The van der Waals surface area contributed by atoms with Crippen molar-refractivity contribution >= 4 is 17.7 Å². The molecule has 0 saturated heterocycles. The highest BCUT2D eigenvalue weighted by molar-refractivity contribution is 7.99. The number of esters is 1. The minimum absolute atomic E-state index is 0.202. The van der Waals surface area contributed by atoms with Gasteiger partial charge in [0.15, 0.2) is 0 Å². The van der Waals surface area contributed by atoms with Crippen LogP contribution in [0.2, 0.25) is 0 Å². The zero-order valence-corrected chi connectivity index (χ0v) is 13.3. The highest BCUT2D eigenvalue weighted by atomic mass is 32.2. The molecule has 0 aliphatic carbocycles. The van der Waals surface area contributed by atoms with Crippen molar-refractivity contribution in [2.75, 3.05) is 5.75 Å². The maximum absolute atomic E-state index is 11.9. The predicted molar refractivity (Wildman–Crippen MR) is 82.1 cm³/mol. The molecule has 0 bridgehead atoms. The van der Waals surface area contributed by atoms with Crippen LogP contribution in [0, 0.1) is 19.8 Å². The molecule has 1 unspecified atom stereocenters. The lowest BCUT2D eigenvalue weighted by Gasteiger charge is -2.10. The van der Waals surface area contributed by atoms with Crippen LogP contribution < -0.4 is 0 Å². The molecule has 1 aromatic heterocycles. The summed E-state index contributed by atoms with van der Waals surface area (Å²) < 4.78 is 10.8. The molecule has 2 rings (SSSR count). The Labute approximate surface area is 128 Å². The van der Waals surface area contributed by atoms with Gasteiger partial charge in [-0.05, 0) is 19.4 Å². The quantitative estimate of drug-likeness (QED) is 0.601. The third-order valence-corrected chi connectivity index (χ3v) is 4.18. The second-order valence-corrected chi connectivity index (χ2v) is 5.90. The van der Waals surface area contributed by atoms with Gasteiger partial charge in [0.25, 0.3) is 5.22 Å². The molecular formula is C16H19NO3S. The number of thioether (sulfide) groups is 1. The first-order chi connectivity index (χ1) is 10.1. The van der Waals surface area contributed by atoms with Crippen molar-refractivity contribution in [3.05, 3.63) is 47.3 Å². The van der Waals surface area contributed by atoms with Crippen molar-refractivity contribution in [2.24, 2.45) is 5.92 Å². The number of benzene rings is 1. The van der Waals surface area contributed by atoms with Crippen molar-refractivity contribution in [2.45, 2.75) is 32.6 Å². The molecule has 1 atom stereocenters. The first-order valence-electron chi connectivity index (χ1n) is 6.83. The Morgan fingerprint density at radius 1 is 1.33 bits per heavy atom. The van der Waals surface area contributed by atoms with Gasteiger partial charge in [0, 0.05) is 5.75 Å². The van der Waals surface area contributed by atoms with E-state index in [1.807, 2.05) is 51.1 Å². The number of carbonyl (C=O) groups is 1. The normalized spacial score (nSPS) is 12.1. The molecule has 112 valence electrons. The molecule has 5 heteroatoms. The van der Waals surface area contributed by atoms with Crippen LogP contribution >= 0.6 is 11.8 Å². The summed E-state index contributed by atoms with van der Waals surface area (Å²) in [5, 5.41) is 0.604. The van der Waals surface area contributed by atoms with Gasteiger partial charge in [0.05, 0.1) is 11.6 Å². The molecule has 0 amide bonds. The number of hydrogen-bond donors (Lipinski definition) is 0. The molecule has 0 fully saturated rings. The fourth-order valence-corrected chi connectivity index (χ4v) is 2.55. The van der Waals surface area contributed by atoms with Crippen molar-refractivity contribution in [1.29, 1.82) is 0 Å². The molecule has 0 aliphatic rings. The summed E-state index contributed by atoms with van der Waals surface area (Å²) in [6.45, 7) is 5.94. The first-order valence-corrected chi connectivity index (χ1v) is 7.82. The summed E-state index contributed by atoms with van der Waals surface area (Å²) in [4.78, 5) is 16.2. The van der Waals surface area contributed by atoms with Gasteiger partial charge in [0.1, 0.15) is 12.4 Å². The third-order valence-electron chi connectivity index (χ3n) is 3.09. The van der Waals surface area contributed by atoms with Gasteiger partial charge >= 0.3 is 5.97 Å². The van der Waals surface area contributed by atoms with Gasteiger partial charge < -0.3 is 9.15 Å². The molecule has 2 aromatic rings. The van der Waals surface area contributed by atoms with Crippen molar-refractivity contribution < 1.29 is 13.9 Å². The monoisotopic (exact) mass is 305 g/mol. The maximum atomic E-state index is 11.9. The van der Waals surface area contributed by atoms with Crippen LogP contribution in [0.1, 0.15) is 23.9 Å². The summed E-state index contributed by atoms with van der Waals surface area (Å²) in [6.07, 6.45) is 0. The molecule has 4 nitrogen and oxygen atoms in total. The highest BCUT2D eigenvalue weighted by Gasteiger charge is 2.17. The van der Waals surface area contributed by atoms with Crippen LogP contribution in [0.3, 0.4) is 0 Å². The lowest BCUT2D eigenvalue weighted by molar-refractivity contribution is -0.148. The van der Waals surface area contributed by atoms with Crippen LogP contribution in [0.15, 0.2) is 40.0 Å². The topological polar surface area (TPSA) is 52.3 Å². The van der Waals surface area contributed by atoms with E-state index in [-0.39, 0.29) is 11.9 Å². The lowest BCUT2D eigenvalue weighted by Crippen LogP contribution is -2.16. The van der Waals surface area contributed by atoms with Gasteiger partial charge in [-0.15, -0.1) is 0 Å². The number of ether oxygens (including phenoxy) is 1. The molecule has 21 heavy (non-hydrogen) atoms. The number of rotatable bonds is 6. The Hall–Kier alpha value is -1.75. The average Bonchev–Trinajstić information content (AvgIpc) is 2.82. The summed E-state index contributed by atoms with van der Waals surface area (Å²) in [5.41, 5.74) is 1.88. The molecule has 1 heterocycles. The zero-order valence-electron chi connectivity index (χ0n) is 12.5. The zero-order chi connectivity index (χ0) is 15.2. The van der Waals surface area contributed by atoms with Gasteiger partial charge in [0.2, 0.25) is 0 Å². The van der Waals surface area contributed by atoms with Crippen LogP contribution in [-0.4, -0.2) is 16.7 Å². The second-order valence-electron chi connectivity index (χ2n) is 4.93. The lowest BCUT2D eigenvalue weighted by atomic mass is 10.2. The van der Waals surface area contributed by atoms with E-state index in [2.05, 4.69) is 4.98 Å². The SMILES string of the molecule is Cc1nc(SCC(C)C(=O)OCc2ccccc2)oc1C. The van der Waals surface area contributed by atoms with Crippen molar-refractivity contribution in [1.82, 2.24) is 4.98 Å². The molecule has 0 radical (unpaired) electrons. The van der Waals surface area contributed by atoms with E-state index in [4.69, 9.17) is 9.15 Å². The van der Waals surface area contributed by atoms with Crippen LogP contribution in [0.4, 0.5) is 0 Å². The number of oxazole rings is 1. The second kappa shape index (κ2) is 7.31. The van der Waals surface area contributed by atoms with E-state index >= 15 is 0 Å². The number of aryl methyl sites for hydroxylation is 2. The summed E-state index contributed by atoms with van der Waals surface area (Å²) in [5.74, 6) is 1.00. The molecule has 0 N–H and O–H groups in total. The average molecular weight is 305 g/mol. The van der Waals surface area contributed by atoms with E-state index in [0.717, 1.165) is 17.0 Å². The van der Waals surface area contributed by atoms with Gasteiger partial charge in [-0.25, -0.2) is 4.98 Å². The first kappa shape index (κ1) is 15.6. The summed E-state index contributed by atoms with van der Waals surface area (Å²) in [6, 6.07) is 9.66. The number of aromatic nitrogens is 1. The molecule has 1 aromatic carbocycles. The number of carbonyl (C=O) groups excluding carboxylic acids is 1. The van der Waals surface area contributed by atoms with E-state index < -0.39 is 0 Å². The van der Waals surface area contributed by atoms with E-state index in [0.29, 0.717) is 17.6 Å². The van der Waals surface area contributed by atoms with Crippen LogP contribution in [-0.2, 0) is 16.1 Å². The number of nitrogens with zero attached hydrogens (tertiary/aromatic N) is 1. The summed E-state index contributed by atoms with van der Waals surface area (Å²) in [7, 11) is 0. The smallest absolute Gasteiger partial charge is 0.309 e. The Balaban J connectivity index is 1.77. The highest BCUT2D eigenvalue weighted by Crippen LogP contribution is 2.22. The number of hydrogen-bond acceptors (Lipinski definition) is 5. The summed E-state index contributed by atoms with van der Waals surface area (Å²) >= 11 is 1.43. The Kier molecular flexibility index (Phi) is 5.44. The van der Waals surface area contributed by atoms with E-state index in [9.17, 15) is 4.79 Å². The van der Waals surface area contributed by atoms with Crippen LogP contribution in [0.5, 0.6) is 0 Å². The van der Waals surface area contributed by atoms with Crippen LogP contribution in [0.25, 0.3) is 0 Å². The third kappa shape index (κ3) is 4.63. The van der Waals surface area contributed by atoms with Gasteiger partial charge in [-0.3, -0.25) is 4.79 Å². The van der Waals surface area contributed by atoms with Gasteiger partial charge in [-0.2, -0.15) is 0 Å². The largest absolute Gasteiger partial charge is 0.461 e. The van der Waals surface area contributed by atoms with Crippen molar-refractivity contribution in [3.8, 4) is 0 Å². The van der Waals surface area contributed by atoms with Crippen molar-refractivity contribution in [3.63, 3.8) is 0 Å². The maximum Gasteiger partial charge on any atom is 0.309 e. The molecule has 0 saturated carbocycles. The Bertz CT molecular complexity index is 575. The fraction of sp³-hybridized carbons (Fsp3) is 0.375. The van der Waals surface area contributed by atoms with Gasteiger partial charge in [-0.1, -0.05) is 49.0 Å². The molecule has 0 aliphatic heterocycles. The van der Waals surface area contributed by atoms with E-state index in [1.165, 1.54) is 11.8 Å².